The third kappa shape index (κ3) is 5.86. The highest BCUT2D eigenvalue weighted by molar-refractivity contribution is 4.81. The van der Waals surface area contributed by atoms with Gasteiger partial charge in [-0.25, -0.2) is 0 Å². The summed E-state index contributed by atoms with van der Waals surface area (Å²) in [7, 11) is 0. The summed E-state index contributed by atoms with van der Waals surface area (Å²) in [5, 5.41) is 0. The average Bonchev–Trinajstić information content (AvgIpc) is 2.05. The topological polar surface area (TPSA) is 9.23 Å². The summed E-state index contributed by atoms with van der Waals surface area (Å²) < 4.78 is 5.41. The quantitative estimate of drug-likeness (QED) is 0.512. The molecule has 0 aromatic heterocycles. The molecule has 0 radical (unpaired) electrons. The van der Waals surface area contributed by atoms with E-state index >= 15 is 0 Å². The van der Waals surface area contributed by atoms with Crippen LogP contribution < -0.4 is 0 Å². The minimum absolute atomic E-state index is 0.216. The van der Waals surface area contributed by atoms with Gasteiger partial charge in [0.1, 0.15) is 0 Å². The number of unbranched alkanes of at least 4 members (excludes halogenated alkanes) is 1. The first-order valence-electron chi connectivity index (χ1n) is 4.20. The van der Waals surface area contributed by atoms with E-state index in [1.165, 1.54) is 12.8 Å². The molecule has 1 unspecified atom stereocenters. The van der Waals surface area contributed by atoms with Gasteiger partial charge in [0.05, 0.1) is 12.7 Å². The van der Waals surface area contributed by atoms with E-state index < -0.39 is 0 Å². The first-order chi connectivity index (χ1) is 5.35. The number of rotatable bonds is 7. The fourth-order valence-electron chi connectivity index (χ4n) is 0.866. The predicted molar refractivity (Wildman–Crippen MR) is 49.7 cm³/mol. The molecule has 11 heavy (non-hydrogen) atoms. The van der Waals surface area contributed by atoms with Crippen LogP contribution in [0, 0.1) is 0 Å². The zero-order valence-electron chi connectivity index (χ0n) is 7.38. The van der Waals surface area contributed by atoms with Crippen LogP contribution in [0.1, 0.15) is 26.2 Å². The van der Waals surface area contributed by atoms with Crippen LogP contribution in [-0.4, -0.2) is 12.7 Å². The molecule has 0 N–H and O–H groups in total. The van der Waals surface area contributed by atoms with Gasteiger partial charge in [0.15, 0.2) is 0 Å². The van der Waals surface area contributed by atoms with Crippen molar-refractivity contribution in [1.29, 1.82) is 0 Å². The van der Waals surface area contributed by atoms with Crippen LogP contribution in [0.2, 0.25) is 0 Å². The van der Waals surface area contributed by atoms with Crippen molar-refractivity contribution in [3.63, 3.8) is 0 Å². The molecule has 0 fully saturated rings. The molecular weight excluding hydrogens is 136 g/mol. The van der Waals surface area contributed by atoms with Gasteiger partial charge in [0.2, 0.25) is 0 Å². The van der Waals surface area contributed by atoms with E-state index in [0.29, 0.717) is 6.61 Å². The number of hydrogen-bond acceptors (Lipinski definition) is 1. The second-order valence-corrected chi connectivity index (χ2v) is 2.54. The summed E-state index contributed by atoms with van der Waals surface area (Å²) in [6.07, 6.45) is 7.33. The minimum Gasteiger partial charge on any atom is -0.370 e. The highest BCUT2D eigenvalue weighted by atomic mass is 16.5. The standard InChI is InChI=1S/C10H18O/c1-4-7-8-10(6-3)11-9-5-2/h5-6,10H,2-4,7-9H2,1H3. The van der Waals surface area contributed by atoms with Gasteiger partial charge in [-0.15, -0.1) is 13.2 Å². The molecule has 0 bridgehead atoms. The van der Waals surface area contributed by atoms with E-state index in [1.54, 1.807) is 6.08 Å². The summed E-state index contributed by atoms with van der Waals surface area (Å²) in [6.45, 7) is 10.1. The Bertz CT molecular complexity index is 107. The van der Waals surface area contributed by atoms with E-state index in [-0.39, 0.29) is 6.10 Å². The molecule has 0 aromatic carbocycles. The molecule has 1 heteroatoms. The molecule has 1 atom stereocenters. The van der Waals surface area contributed by atoms with E-state index in [1.807, 2.05) is 6.08 Å². The Morgan fingerprint density at radius 1 is 1.45 bits per heavy atom. The van der Waals surface area contributed by atoms with E-state index in [9.17, 15) is 0 Å². The molecule has 0 heterocycles. The molecule has 0 aliphatic heterocycles. The summed E-state index contributed by atoms with van der Waals surface area (Å²) in [5.74, 6) is 0. The molecule has 0 aliphatic rings. The van der Waals surface area contributed by atoms with Crippen molar-refractivity contribution in [3.05, 3.63) is 25.3 Å². The van der Waals surface area contributed by atoms with Crippen LogP contribution in [0.15, 0.2) is 25.3 Å². The normalized spacial score (nSPS) is 12.5. The molecule has 0 amide bonds. The third-order valence-electron chi connectivity index (χ3n) is 1.53. The monoisotopic (exact) mass is 154 g/mol. The molecule has 1 nitrogen and oxygen atoms in total. The minimum atomic E-state index is 0.216. The van der Waals surface area contributed by atoms with Crippen LogP contribution in [0.4, 0.5) is 0 Å². The van der Waals surface area contributed by atoms with Gasteiger partial charge in [0.25, 0.3) is 0 Å². The zero-order chi connectivity index (χ0) is 8.53. The highest BCUT2D eigenvalue weighted by Gasteiger charge is 2.00. The lowest BCUT2D eigenvalue weighted by atomic mass is 10.1. The van der Waals surface area contributed by atoms with E-state index in [0.717, 1.165) is 6.42 Å². The van der Waals surface area contributed by atoms with Crippen molar-refractivity contribution in [1.82, 2.24) is 0 Å². The number of hydrogen-bond donors (Lipinski definition) is 0. The summed E-state index contributed by atoms with van der Waals surface area (Å²) >= 11 is 0. The molecule has 0 saturated carbocycles. The Morgan fingerprint density at radius 3 is 2.64 bits per heavy atom. The van der Waals surface area contributed by atoms with Gasteiger partial charge in [0, 0.05) is 0 Å². The van der Waals surface area contributed by atoms with Crippen molar-refractivity contribution in [2.45, 2.75) is 32.3 Å². The van der Waals surface area contributed by atoms with Crippen LogP contribution in [0.5, 0.6) is 0 Å². The lowest BCUT2D eigenvalue weighted by Gasteiger charge is -2.10. The van der Waals surface area contributed by atoms with Crippen molar-refractivity contribution in [2.75, 3.05) is 6.61 Å². The van der Waals surface area contributed by atoms with Crippen molar-refractivity contribution in [2.24, 2.45) is 0 Å². The Balaban J connectivity index is 3.40. The van der Waals surface area contributed by atoms with Crippen molar-refractivity contribution < 1.29 is 4.74 Å². The fraction of sp³-hybridized carbons (Fsp3) is 0.600. The maximum Gasteiger partial charge on any atom is 0.0757 e. The lowest BCUT2D eigenvalue weighted by Crippen LogP contribution is -2.08. The van der Waals surface area contributed by atoms with Gasteiger partial charge >= 0.3 is 0 Å². The van der Waals surface area contributed by atoms with Gasteiger partial charge in [-0.1, -0.05) is 31.9 Å². The molecule has 0 aliphatic carbocycles. The fourth-order valence-corrected chi connectivity index (χ4v) is 0.866. The smallest absolute Gasteiger partial charge is 0.0757 e. The predicted octanol–water partition coefficient (Wildman–Crippen LogP) is 2.93. The SMILES string of the molecule is C=CCOC(C=C)CCCC. The Morgan fingerprint density at radius 2 is 2.18 bits per heavy atom. The molecular formula is C10H18O. The third-order valence-corrected chi connectivity index (χ3v) is 1.53. The van der Waals surface area contributed by atoms with Crippen molar-refractivity contribution in [3.8, 4) is 0 Å². The van der Waals surface area contributed by atoms with Gasteiger partial charge in [-0.05, 0) is 6.42 Å². The first kappa shape index (κ1) is 10.4. The Kier molecular flexibility index (Phi) is 7.16. The highest BCUT2D eigenvalue weighted by Crippen LogP contribution is 2.05. The Hall–Kier alpha value is -0.560. The van der Waals surface area contributed by atoms with Crippen molar-refractivity contribution >= 4 is 0 Å². The number of ether oxygens (including phenoxy) is 1. The maximum atomic E-state index is 5.41. The average molecular weight is 154 g/mol. The van der Waals surface area contributed by atoms with Gasteiger partial charge < -0.3 is 4.74 Å². The van der Waals surface area contributed by atoms with Crippen LogP contribution in [0.3, 0.4) is 0 Å². The van der Waals surface area contributed by atoms with Gasteiger partial charge in [-0.3, -0.25) is 0 Å². The van der Waals surface area contributed by atoms with Crippen LogP contribution in [-0.2, 0) is 4.74 Å². The first-order valence-corrected chi connectivity index (χ1v) is 4.20. The lowest BCUT2D eigenvalue weighted by molar-refractivity contribution is 0.101. The van der Waals surface area contributed by atoms with Gasteiger partial charge in [-0.2, -0.15) is 0 Å². The molecule has 0 aromatic rings. The Labute approximate surface area is 69.8 Å². The summed E-state index contributed by atoms with van der Waals surface area (Å²) in [5.41, 5.74) is 0. The molecule has 64 valence electrons. The van der Waals surface area contributed by atoms with E-state index in [2.05, 4.69) is 20.1 Å². The largest absolute Gasteiger partial charge is 0.370 e. The molecule has 0 rings (SSSR count). The van der Waals surface area contributed by atoms with E-state index in [4.69, 9.17) is 4.74 Å². The van der Waals surface area contributed by atoms with Crippen LogP contribution in [0.25, 0.3) is 0 Å². The summed E-state index contributed by atoms with van der Waals surface area (Å²) in [6, 6.07) is 0. The second kappa shape index (κ2) is 7.55. The molecule has 0 saturated heterocycles. The molecule has 0 spiro atoms. The zero-order valence-corrected chi connectivity index (χ0v) is 7.38. The summed E-state index contributed by atoms with van der Waals surface area (Å²) in [4.78, 5) is 0. The maximum absolute atomic E-state index is 5.41. The van der Waals surface area contributed by atoms with Crippen LogP contribution >= 0.6 is 0 Å². The second-order valence-electron chi connectivity index (χ2n) is 2.54.